The number of nitrogens with two attached hydrogens (primary N) is 2. The monoisotopic (exact) mass is 439 g/mol. The zero-order valence-electron chi connectivity index (χ0n) is 17.3. The fourth-order valence-electron chi connectivity index (χ4n) is 3.06. The molecular weight excluding hydrogens is 416 g/mol. The molecule has 0 saturated carbocycles. The Morgan fingerprint density at radius 3 is 2.62 bits per heavy atom. The number of aromatic nitrogens is 4. The average Bonchev–Trinajstić information content (AvgIpc) is 2.76. The average molecular weight is 439 g/mol. The van der Waals surface area contributed by atoms with Crippen LogP contribution in [0.2, 0.25) is 0 Å². The maximum Gasteiger partial charge on any atom is 0.303 e. The molecule has 3 rings (SSSR count). The van der Waals surface area contributed by atoms with Gasteiger partial charge in [-0.3, -0.25) is 4.79 Å². The Morgan fingerprint density at radius 1 is 1.25 bits per heavy atom. The second-order valence-corrected chi connectivity index (χ2v) is 7.17. The van der Waals surface area contributed by atoms with Crippen molar-refractivity contribution >= 4 is 40.9 Å². The highest BCUT2D eigenvalue weighted by atomic mass is 16.4. The number of nitrogens with zero attached hydrogens (tertiary/aromatic N) is 5. The number of aldehydes is 1. The number of rotatable bonds is 10. The maximum absolute atomic E-state index is 12.4. The molecule has 3 aromatic rings. The highest BCUT2D eigenvalue weighted by molar-refractivity contribution is 5.81. The van der Waals surface area contributed by atoms with Crippen molar-refractivity contribution in [1.29, 1.82) is 0 Å². The van der Waals surface area contributed by atoms with Crippen LogP contribution in [0.3, 0.4) is 0 Å². The van der Waals surface area contributed by atoms with E-state index in [2.05, 4.69) is 25.3 Å². The molecule has 12 heteroatoms. The fourth-order valence-corrected chi connectivity index (χ4v) is 3.06. The van der Waals surface area contributed by atoms with Crippen LogP contribution in [0.1, 0.15) is 30.3 Å². The molecule has 0 saturated heterocycles. The van der Waals surface area contributed by atoms with Crippen molar-refractivity contribution in [3.63, 3.8) is 0 Å². The highest BCUT2D eigenvalue weighted by Gasteiger charge is 2.12. The quantitative estimate of drug-likeness (QED) is 0.236. The summed E-state index contributed by atoms with van der Waals surface area (Å²) in [5.41, 5.74) is 14.0. The molecule has 168 valence electrons. The Balaban J connectivity index is 1.65. The second-order valence-electron chi connectivity index (χ2n) is 7.17. The first kappa shape index (κ1) is 22.8. The molecule has 0 spiro atoms. The Labute approximate surface area is 183 Å². The maximum atomic E-state index is 12.4. The van der Waals surface area contributed by atoms with Crippen LogP contribution < -0.4 is 26.8 Å². The van der Waals surface area contributed by atoms with Crippen LogP contribution in [0, 0.1) is 0 Å². The fraction of sp³-hybridized carbons (Fsp3) is 0.300. The van der Waals surface area contributed by atoms with Crippen LogP contribution in [-0.4, -0.2) is 50.4 Å². The van der Waals surface area contributed by atoms with Crippen molar-refractivity contribution in [3.8, 4) is 0 Å². The van der Waals surface area contributed by atoms with Crippen LogP contribution in [-0.2, 0) is 16.1 Å². The molecule has 0 aliphatic carbocycles. The summed E-state index contributed by atoms with van der Waals surface area (Å²) < 4.78 is 0. The molecule has 0 aliphatic rings. The number of carbonyl (C=O) groups excluding carboxylic acids is 1. The normalized spacial score (nSPS) is 12.9. The summed E-state index contributed by atoms with van der Waals surface area (Å²) in [5, 5.41) is 23.7. The number of aliphatic carboxylic acids is 1. The third-order valence-electron chi connectivity index (χ3n) is 4.74. The first-order valence-corrected chi connectivity index (χ1v) is 9.71. The summed E-state index contributed by atoms with van der Waals surface area (Å²) in [6.45, 7) is 0.410. The third-order valence-corrected chi connectivity index (χ3v) is 4.74. The van der Waals surface area contributed by atoms with Crippen LogP contribution in [0.5, 0.6) is 0 Å². The van der Waals surface area contributed by atoms with Crippen molar-refractivity contribution in [1.82, 2.24) is 25.3 Å². The van der Waals surface area contributed by atoms with Gasteiger partial charge in [0, 0.05) is 19.2 Å². The number of carbonyl (C=O) groups is 2. The predicted octanol–water partition coefficient (Wildman–Crippen LogP) is -0.399. The topological polar surface area (TPSA) is 196 Å². The number of carboxylic acid groups (broad SMARTS) is 1. The van der Waals surface area contributed by atoms with Gasteiger partial charge in [0.05, 0.1) is 24.5 Å². The van der Waals surface area contributed by atoms with Gasteiger partial charge in [-0.15, -0.1) is 0 Å². The van der Waals surface area contributed by atoms with Crippen LogP contribution in [0.4, 0.5) is 17.5 Å². The molecule has 2 heterocycles. The van der Waals surface area contributed by atoms with E-state index < -0.39 is 18.2 Å². The number of hydrogen-bond donors (Lipinski definition) is 4. The van der Waals surface area contributed by atoms with Crippen LogP contribution >= 0.6 is 0 Å². The Hall–Kier alpha value is -3.90. The predicted molar refractivity (Wildman–Crippen MR) is 115 cm³/mol. The van der Waals surface area contributed by atoms with E-state index in [9.17, 15) is 14.7 Å². The molecule has 12 nitrogen and oxygen atoms in total. The van der Waals surface area contributed by atoms with Crippen molar-refractivity contribution in [2.75, 3.05) is 23.4 Å². The summed E-state index contributed by atoms with van der Waals surface area (Å²) >= 11 is 0. The van der Waals surface area contributed by atoms with Gasteiger partial charge in [0.1, 0.15) is 6.29 Å². The van der Waals surface area contributed by atoms with Gasteiger partial charge in [-0.2, -0.15) is 9.97 Å². The molecule has 0 aliphatic heterocycles. The third kappa shape index (κ3) is 5.62. The number of anilines is 3. The minimum absolute atomic E-state index is 0.0294. The zero-order valence-corrected chi connectivity index (χ0v) is 17.3. The largest absolute Gasteiger partial charge is 0.837 e. The van der Waals surface area contributed by atoms with E-state index in [-0.39, 0.29) is 24.6 Å². The summed E-state index contributed by atoms with van der Waals surface area (Å²) in [5.74, 6) is -0.842. The van der Waals surface area contributed by atoms with E-state index in [1.54, 1.807) is 30.5 Å². The van der Waals surface area contributed by atoms with Gasteiger partial charge < -0.3 is 36.7 Å². The first-order valence-electron chi connectivity index (χ1n) is 9.71. The summed E-state index contributed by atoms with van der Waals surface area (Å²) in [4.78, 5) is 40.2. The zero-order chi connectivity index (χ0) is 23.3. The van der Waals surface area contributed by atoms with E-state index in [1.807, 2.05) is 11.9 Å². The van der Waals surface area contributed by atoms with Gasteiger partial charge in [-0.05, 0) is 30.3 Å². The van der Waals surface area contributed by atoms with Gasteiger partial charge in [0.25, 0.3) is 0 Å². The number of hydrogen-bond acceptors (Lipinski definition) is 11. The number of nitrogen functional groups attached to an aromatic ring is 2. The van der Waals surface area contributed by atoms with Gasteiger partial charge in [0.2, 0.25) is 5.95 Å². The number of carboxylic acids is 1. The number of fused-ring (bicyclic) bond motifs is 1. The van der Waals surface area contributed by atoms with Crippen molar-refractivity contribution in [2.45, 2.75) is 31.7 Å². The van der Waals surface area contributed by atoms with E-state index >= 15 is 0 Å². The molecule has 2 aromatic heterocycles. The second kappa shape index (κ2) is 9.94. The Morgan fingerprint density at radius 2 is 1.97 bits per heavy atom. The standard InChI is InChI=1S/C20H23N8O4/c1-28(9-13-8-23-18-16(24-13)17(21)26-20(22)27-18)14-5-2-11(3-6-14)19(32)25-12(10-29)4-7-15(30)31/h2-3,5-6,8,10,12,19,25H,4,7,9H2,1H3,(H,30,31)(H4,21,22,23,26,27)/q-1/t12-,19?/m1/s1. The van der Waals surface area contributed by atoms with Crippen molar-refractivity contribution in [3.05, 3.63) is 41.7 Å². The van der Waals surface area contributed by atoms with Gasteiger partial charge in [-0.25, -0.2) is 9.97 Å². The molecule has 0 bridgehead atoms. The molecule has 0 fully saturated rings. The highest BCUT2D eigenvalue weighted by Crippen LogP contribution is 2.20. The van der Waals surface area contributed by atoms with Crippen LogP contribution in [0.15, 0.2) is 30.5 Å². The number of nitrogens with one attached hydrogen (secondary N) is 1. The Kier molecular flexibility index (Phi) is 7.07. The van der Waals surface area contributed by atoms with Crippen molar-refractivity contribution in [2.24, 2.45) is 0 Å². The minimum atomic E-state index is -1.36. The summed E-state index contributed by atoms with van der Waals surface area (Å²) in [6, 6.07) is 6.00. The van der Waals surface area contributed by atoms with Gasteiger partial charge in [-0.1, -0.05) is 12.1 Å². The van der Waals surface area contributed by atoms with E-state index in [4.69, 9.17) is 16.6 Å². The van der Waals surface area contributed by atoms with Crippen molar-refractivity contribution < 1.29 is 19.8 Å². The molecule has 0 amide bonds. The molecule has 1 aromatic carbocycles. The molecule has 6 N–H and O–H groups in total. The lowest BCUT2D eigenvalue weighted by Crippen LogP contribution is -2.40. The number of benzene rings is 1. The van der Waals surface area contributed by atoms with Gasteiger partial charge >= 0.3 is 5.97 Å². The van der Waals surface area contributed by atoms with E-state index in [0.717, 1.165) is 5.69 Å². The minimum Gasteiger partial charge on any atom is -0.837 e. The van der Waals surface area contributed by atoms with Gasteiger partial charge in [0.15, 0.2) is 17.0 Å². The van der Waals surface area contributed by atoms with E-state index in [1.165, 1.54) is 0 Å². The molecule has 2 atom stereocenters. The molecular formula is C20H23N8O4-. The first-order chi connectivity index (χ1) is 15.3. The molecule has 32 heavy (non-hydrogen) atoms. The summed E-state index contributed by atoms with van der Waals surface area (Å²) in [6.07, 6.45) is 0.614. The molecule has 0 radical (unpaired) electrons. The van der Waals surface area contributed by atoms with E-state index in [0.29, 0.717) is 35.3 Å². The smallest absolute Gasteiger partial charge is 0.303 e. The van der Waals surface area contributed by atoms with Crippen LogP contribution in [0.25, 0.3) is 11.2 Å². The lowest BCUT2D eigenvalue weighted by atomic mass is 10.1. The lowest BCUT2D eigenvalue weighted by Gasteiger charge is -2.28. The SMILES string of the molecule is CN(Cc1cnc2nc(N)nc(N)c2n1)c1ccc(C([O-])N[C@@H](C=O)CCC(=O)O)cc1. The lowest BCUT2D eigenvalue weighted by molar-refractivity contribution is -0.437. The summed E-state index contributed by atoms with van der Waals surface area (Å²) in [7, 11) is 1.85. The Bertz CT molecular complexity index is 1110. The molecule has 1 unspecified atom stereocenters.